The molecule has 0 saturated carbocycles. The Kier molecular flexibility index (Phi) is 5.53. The number of ether oxygens (including phenoxy) is 1. The lowest BCUT2D eigenvalue weighted by molar-refractivity contribution is 0.181. The number of methoxy groups -OCH3 is 1. The van der Waals surface area contributed by atoms with Crippen molar-refractivity contribution in [2.24, 2.45) is 10.2 Å². The summed E-state index contributed by atoms with van der Waals surface area (Å²) >= 11 is 0. The smallest absolute Gasteiger partial charge is 0.178 e. The highest BCUT2D eigenvalue weighted by Crippen LogP contribution is 2.20. The van der Waals surface area contributed by atoms with Gasteiger partial charge in [-0.3, -0.25) is 4.98 Å². The van der Waals surface area contributed by atoms with Crippen LogP contribution in [-0.2, 0) is 17.9 Å². The number of rotatable bonds is 6. The van der Waals surface area contributed by atoms with Gasteiger partial charge in [0, 0.05) is 31.1 Å². The average molecular weight is 333 g/mol. The van der Waals surface area contributed by atoms with Crippen molar-refractivity contribution in [3.05, 3.63) is 71.7 Å². The standard InChI is InChI=1S/C19H19N5O/c1-14-4-3-5-15(10-14)12-21-24-18-11-17(13-25-2)22-19(23-18)16-6-8-20-9-7-16/h3-11H,12-13H2,1-2H3. The van der Waals surface area contributed by atoms with Crippen LogP contribution >= 0.6 is 0 Å². The molecule has 0 fully saturated rings. The van der Waals surface area contributed by atoms with Gasteiger partial charge < -0.3 is 4.74 Å². The highest BCUT2D eigenvalue weighted by molar-refractivity contribution is 5.55. The van der Waals surface area contributed by atoms with Gasteiger partial charge in [0.15, 0.2) is 11.6 Å². The van der Waals surface area contributed by atoms with Crippen LogP contribution < -0.4 is 0 Å². The van der Waals surface area contributed by atoms with Crippen molar-refractivity contribution in [3.63, 3.8) is 0 Å². The summed E-state index contributed by atoms with van der Waals surface area (Å²) in [5.41, 5.74) is 3.96. The zero-order chi connectivity index (χ0) is 17.5. The van der Waals surface area contributed by atoms with Crippen LogP contribution in [0.15, 0.2) is 65.1 Å². The first kappa shape index (κ1) is 16.9. The van der Waals surface area contributed by atoms with Crippen molar-refractivity contribution in [2.45, 2.75) is 20.1 Å². The molecule has 0 radical (unpaired) electrons. The molecule has 126 valence electrons. The number of aromatic nitrogens is 3. The summed E-state index contributed by atoms with van der Waals surface area (Å²) in [6, 6.07) is 13.7. The third-order valence-electron chi connectivity index (χ3n) is 3.51. The first-order valence-corrected chi connectivity index (χ1v) is 7.95. The van der Waals surface area contributed by atoms with Gasteiger partial charge in [-0.15, -0.1) is 5.11 Å². The van der Waals surface area contributed by atoms with E-state index in [1.54, 1.807) is 25.6 Å². The van der Waals surface area contributed by atoms with Gasteiger partial charge in [0.1, 0.15) is 0 Å². The molecule has 0 aliphatic carbocycles. The highest BCUT2D eigenvalue weighted by Gasteiger charge is 2.07. The lowest BCUT2D eigenvalue weighted by Gasteiger charge is -2.05. The van der Waals surface area contributed by atoms with Crippen molar-refractivity contribution < 1.29 is 4.74 Å². The van der Waals surface area contributed by atoms with Gasteiger partial charge in [0.05, 0.1) is 18.8 Å². The predicted molar refractivity (Wildman–Crippen MR) is 95.4 cm³/mol. The molecule has 6 heteroatoms. The van der Waals surface area contributed by atoms with Gasteiger partial charge in [-0.1, -0.05) is 29.8 Å². The maximum absolute atomic E-state index is 5.19. The Morgan fingerprint density at radius 3 is 2.64 bits per heavy atom. The van der Waals surface area contributed by atoms with Crippen molar-refractivity contribution in [3.8, 4) is 11.4 Å². The predicted octanol–water partition coefficient (Wildman–Crippen LogP) is 4.28. The number of nitrogens with zero attached hydrogens (tertiary/aromatic N) is 5. The summed E-state index contributed by atoms with van der Waals surface area (Å²) in [5.74, 6) is 1.10. The second-order valence-corrected chi connectivity index (χ2v) is 5.60. The van der Waals surface area contributed by atoms with Crippen LogP contribution in [0, 0.1) is 6.92 Å². The molecule has 0 amide bonds. The third-order valence-corrected chi connectivity index (χ3v) is 3.51. The van der Waals surface area contributed by atoms with Crippen LogP contribution in [-0.4, -0.2) is 22.1 Å². The van der Waals surface area contributed by atoms with Gasteiger partial charge in [-0.05, 0) is 24.6 Å². The van der Waals surface area contributed by atoms with Gasteiger partial charge in [-0.25, -0.2) is 9.97 Å². The van der Waals surface area contributed by atoms with E-state index < -0.39 is 0 Å². The minimum atomic E-state index is 0.390. The quantitative estimate of drug-likeness (QED) is 0.631. The second-order valence-electron chi connectivity index (χ2n) is 5.60. The lowest BCUT2D eigenvalue weighted by atomic mass is 10.1. The largest absolute Gasteiger partial charge is 0.378 e. The van der Waals surface area contributed by atoms with E-state index in [0.29, 0.717) is 24.8 Å². The lowest BCUT2D eigenvalue weighted by Crippen LogP contribution is -1.97. The Bertz CT molecular complexity index is 865. The maximum Gasteiger partial charge on any atom is 0.178 e. The van der Waals surface area contributed by atoms with Gasteiger partial charge in [0.25, 0.3) is 0 Å². The maximum atomic E-state index is 5.19. The Balaban J connectivity index is 1.84. The van der Waals surface area contributed by atoms with E-state index in [9.17, 15) is 0 Å². The van der Waals surface area contributed by atoms with E-state index in [-0.39, 0.29) is 0 Å². The molecule has 0 bridgehead atoms. The van der Waals surface area contributed by atoms with Crippen LogP contribution in [0.1, 0.15) is 16.8 Å². The molecule has 6 nitrogen and oxygen atoms in total. The van der Waals surface area contributed by atoms with Crippen LogP contribution in [0.4, 0.5) is 5.82 Å². The summed E-state index contributed by atoms with van der Waals surface area (Å²) in [5, 5.41) is 8.53. The SMILES string of the molecule is COCc1cc(N=NCc2cccc(C)c2)nc(-c2ccncc2)n1. The molecule has 3 rings (SSSR count). The summed E-state index contributed by atoms with van der Waals surface area (Å²) < 4.78 is 5.19. The first-order valence-electron chi connectivity index (χ1n) is 7.95. The fourth-order valence-corrected chi connectivity index (χ4v) is 2.39. The Morgan fingerprint density at radius 1 is 1.04 bits per heavy atom. The summed E-state index contributed by atoms with van der Waals surface area (Å²) in [6.07, 6.45) is 3.42. The molecule has 0 N–H and O–H groups in total. The minimum absolute atomic E-state index is 0.390. The average Bonchev–Trinajstić information content (AvgIpc) is 2.63. The summed E-state index contributed by atoms with van der Waals surface area (Å²) in [4.78, 5) is 13.0. The molecule has 3 aromatic rings. The van der Waals surface area contributed by atoms with E-state index in [0.717, 1.165) is 16.8 Å². The number of hydrogen-bond donors (Lipinski definition) is 0. The Morgan fingerprint density at radius 2 is 1.88 bits per heavy atom. The van der Waals surface area contributed by atoms with Gasteiger partial charge >= 0.3 is 0 Å². The second kappa shape index (κ2) is 8.21. The molecule has 0 atom stereocenters. The monoisotopic (exact) mass is 333 g/mol. The van der Waals surface area contributed by atoms with Gasteiger partial charge in [-0.2, -0.15) is 5.11 Å². The normalized spacial score (nSPS) is 11.1. The molecular weight excluding hydrogens is 314 g/mol. The van der Waals surface area contributed by atoms with Crippen molar-refractivity contribution in [1.29, 1.82) is 0 Å². The Hall–Kier alpha value is -2.99. The molecule has 0 unspecified atom stereocenters. The fourth-order valence-electron chi connectivity index (χ4n) is 2.39. The number of azo groups is 1. The van der Waals surface area contributed by atoms with E-state index in [4.69, 9.17) is 4.74 Å². The van der Waals surface area contributed by atoms with E-state index in [2.05, 4.69) is 44.2 Å². The summed E-state index contributed by atoms with van der Waals surface area (Å²) in [7, 11) is 1.63. The van der Waals surface area contributed by atoms with E-state index in [1.165, 1.54) is 5.56 Å². The van der Waals surface area contributed by atoms with Crippen LogP contribution in [0.5, 0.6) is 0 Å². The van der Waals surface area contributed by atoms with Crippen molar-refractivity contribution >= 4 is 5.82 Å². The zero-order valence-electron chi connectivity index (χ0n) is 14.3. The molecule has 0 spiro atoms. The third kappa shape index (κ3) is 4.74. The van der Waals surface area contributed by atoms with Gasteiger partial charge in [0.2, 0.25) is 0 Å². The van der Waals surface area contributed by atoms with Crippen LogP contribution in [0.3, 0.4) is 0 Å². The first-order chi connectivity index (χ1) is 12.2. The fraction of sp³-hybridized carbons (Fsp3) is 0.211. The molecule has 1 aromatic carbocycles. The highest BCUT2D eigenvalue weighted by atomic mass is 16.5. The molecule has 0 aliphatic rings. The zero-order valence-corrected chi connectivity index (χ0v) is 14.3. The number of aryl methyl sites for hydroxylation is 1. The molecule has 2 aromatic heterocycles. The van der Waals surface area contributed by atoms with Crippen molar-refractivity contribution in [2.75, 3.05) is 7.11 Å². The summed E-state index contributed by atoms with van der Waals surface area (Å²) in [6.45, 7) is 2.96. The Labute approximate surface area is 146 Å². The van der Waals surface area contributed by atoms with E-state index in [1.807, 2.05) is 24.3 Å². The van der Waals surface area contributed by atoms with E-state index >= 15 is 0 Å². The topological polar surface area (TPSA) is 72.6 Å². The number of benzene rings is 1. The van der Waals surface area contributed by atoms with Crippen molar-refractivity contribution in [1.82, 2.24) is 15.0 Å². The molecule has 0 saturated heterocycles. The van der Waals surface area contributed by atoms with Crippen LogP contribution in [0.2, 0.25) is 0 Å². The number of pyridine rings is 1. The molecule has 25 heavy (non-hydrogen) atoms. The van der Waals surface area contributed by atoms with Crippen LogP contribution in [0.25, 0.3) is 11.4 Å². The number of hydrogen-bond acceptors (Lipinski definition) is 6. The minimum Gasteiger partial charge on any atom is -0.378 e. The molecule has 0 aliphatic heterocycles. The molecular formula is C19H19N5O. The molecule has 2 heterocycles.